The lowest BCUT2D eigenvalue weighted by atomic mass is 9.85. The van der Waals surface area contributed by atoms with E-state index >= 15 is 0 Å². The van der Waals surface area contributed by atoms with E-state index in [1.165, 1.54) is 19.3 Å². The summed E-state index contributed by atoms with van der Waals surface area (Å²) in [6, 6.07) is 0.127. The highest BCUT2D eigenvalue weighted by molar-refractivity contribution is 6.19. The fourth-order valence-electron chi connectivity index (χ4n) is 3.00. The summed E-state index contributed by atoms with van der Waals surface area (Å²) in [7, 11) is 0. The van der Waals surface area contributed by atoms with Crippen LogP contribution in [-0.4, -0.2) is 35.3 Å². The lowest BCUT2D eigenvalue weighted by Gasteiger charge is -2.31. The third-order valence-electron chi connectivity index (χ3n) is 3.84. The molecular formula is C12H19ClN2O2. The third kappa shape index (κ3) is 2.92. The first-order chi connectivity index (χ1) is 8.22. The van der Waals surface area contributed by atoms with Gasteiger partial charge in [-0.05, 0) is 25.2 Å². The summed E-state index contributed by atoms with van der Waals surface area (Å²) < 4.78 is 0. The van der Waals surface area contributed by atoms with Crippen molar-refractivity contribution in [3.63, 3.8) is 0 Å². The zero-order chi connectivity index (χ0) is 12.3. The number of alkyl halides is 1. The molecule has 1 aliphatic carbocycles. The summed E-state index contributed by atoms with van der Waals surface area (Å²) in [4.78, 5) is 25.1. The number of hydrogen-bond acceptors (Lipinski definition) is 2. The lowest BCUT2D eigenvalue weighted by Crippen LogP contribution is -2.46. The number of imide groups is 1. The molecule has 2 fully saturated rings. The van der Waals surface area contributed by atoms with Gasteiger partial charge in [0.15, 0.2) is 0 Å². The first-order valence-electron chi connectivity index (χ1n) is 6.39. The summed E-state index contributed by atoms with van der Waals surface area (Å²) in [5.41, 5.74) is 0. The van der Waals surface area contributed by atoms with Gasteiger partial charge in [-0.25, -0.2) is 4.79 Å². The van der Waals surface area contributed by atoms with E-state index in [0.717, 1.165) is 19.4 Å². The molecule has 0 aromatic carbocycles. The maximum atomic E-state index is 11.9. The fourth-order valence-corrected chi connectivity index (χ4v) is 3.17. The molecule has 0 radical (unpaired) electrons. The summed E-state index contributed by atoms with van der Waals surface area (Å²) in [5.74, 6) is 0.632. The Morgan fingerprint density at radius 3 is 2.76 bits per heavy atom. The molecule has 17 heavy (non-hydrogen) atoms. The van der Waals surface area contributed by atoms with Crippen molar-refractivity contribution in [1.29, 1.82) is 0 Å². The Morgan fingerprint density at radius 2 is 2.00 bits per heavy atom. The number of carbonyl (C=O) groups excluding carboxylic acids is 2. The number of fused-ring (bicyclic) bond motifs is 1. The lowest BCUT2D eigenvalue weighted by molar-refractivity contribution is -0.119. The normalized spacial score (nSPS) is 27.7. The maximum Gasteiger partial charge on any atom is 0.324 e. The van der Waals surface area contributed by atoms with E-state index < -0.39 is 0 Å². The molecule has 2 rings (SSSR count). The van der Waals surface area contributed by atoms with Crippen LogP contribution in [0.1, 0.15) is 38.5 Å². The van der Waals surface area contributed by atoms with Crippen LogP contribution in [0.25, 0.3) is 0 Å². The van der Waals surface area contributed by atoms with Crippen molar-refractivity contribution in [2.75, 3.05) is 12.4 Å². The quantitative estimate of drug-likeness (QED) is 0.772. The smallest absolute Gasteiger partial charge is 0.321 e. The van der Waals surface area contributed by atoms with Crippen LogP contribution in [-0.2, 0) is 4.79 Å². The van der Waals surface area contributed by atoms with E-state index in [2.05, 4.69) is 5.32 Å². The number of amides is 3. The van der Waals surface area contributed by atoms with Gasteiger partial charge >= 0.3 is 6.03 Å². The number of likely N-dealkylation sites (tertiary alicyclic amines) is 1. The first kappa shape index (κ1) is 12.7. The molecule has 2 unspecified atom stereocenters. The summed E-state index contributed by atoms with van der Waals surface area (Å²) in [6.07, 6.45) is 6.07. The topological polar surface area (TPSA) is 49.4 Å². The molecule has 0 aromatic rings. The Morgan fingerprint density at radius 1 is 1.24 bits per heavy atom. The number of carbonyl (C=O) groups is 2. The predicted molar refractivity (Wildman–Crippen MR) is 65.9 cm³/mol. The fraction of sp³-hybridized carbons (Fsp3) is 0.833. The van der Waals surface area contributed by atoms with Crippen molar-refractivity contribution < 1.29 is 9.59 Å². The van der Waals surface area contributed by atoms with E-state index in [-0.39, 0.29) is 24.2 Å². The number of halogens is 1. The van der Waals surface area contributed by atoms with Crippen LogP contribution >= 0.6 is 11.6 Å². The Hall–Kier alpha value is -0.770. The largest absolute Gasteiger partial charge is 0.324 e. The van der Waals surface area contributed by atoms with Crippen molar-refractivity contribution in [3.8, 4) is 0 Å². The number of nitrogens with zero attached hydrogens (tertiary/aromatic N) is 1. The second-order valence-electron chi connectivity index (χ2n) is 4.89. The zero-order valence-corrected chi connectivity index (χ0v) is 10.7. The predicted octanol–water partition coefficient (Wildman–Crippen LogP) is 2.12. The number of urea groups is 1. The second kappa shape index (κ2) is 5.71. The van der Waals surface area contributed by atoms with Crippen molar-refractivity contribution in [3.05, 3.63) is 0 Å². The number of rotatable bonds is 2. The van der Waals surface area contributed by atoms with Crippen molar-refractivity contribution in [2.45, 2.75) is 44.6 Å². The number of hydrogen-bond donors (Lipinski definition) is 1. The van der Waals surface area contributed by atoms with Crippen LogP contribution in [0.3, 0.4) is 0 Å². The Labute approximate surface area is 107 Å². The molecule has 2 aliphatic rings. The average Bonchev–Trinajstić information content (AvgIpc) is 2.72. The van der Waals surface area contributed by atoms with Gasteiger partial charge in [-0.3, -0.25) is 10.1 Å². The molecule has 1 saturated carbocycles. The van der Waals surface area contributed by atoms with Crippen molar-refractivity contribution in [1.82, 2.24) is 10.2 Å². The average molecular weight is 259 g/mol. The first-order valence-corrected chi connectivity index (χ1v) is 6.92. The molecule has 0 spiro atoms. The SMILES string of the molecule is O=C(CCCl)NC(=O)N1CCC2CCCCC21. The molecule has 3 amide bonds. The molecule has 96 valence electrons. The third-order valence-corrected chi connectivity index (χ3v) is 4.03. The molecule has 0 aromatic heterocycles. The van der Waals surface area contributed by atoms with Crippen LogP contribution in [0, 0.1) is 5.92 Å². The van der Waals surface area contributed by atoms with Gasteiger partial charge in [-0.2, -0.15) is 0 Å². The van der Waals surface area contributed by atoms with Crippen molar-refractivity contribution >= 4 is 23.5 Å². The van der Waals surface area contributed by atoms with Crippen LogP contribution < -0.4 is 5.32 Å². The van der Waals surface area contributed by atoms with Crippen LogP contribution in [0.5, 0.6) is 0 Å². The maximum absolute atomic E-state index is 11.9. The van der Waals surface area contributed by atoms with Gasteiger partial charge in [0, 0.05) is 24.9 Å². The minimum atomic E-state index is -0.274. The van der Waals surface area contributed by atoms with Gasteiger partial charge in [-0.15, -0.1) is 11.6 Å². The van der Waals surface area contributed by atoms with E-state index in [0.29, 0.717) is 12.0 Å². The molecule has 5 heteroatoms. The molecule has 4 nitrogen and oxygen atoms in total. The van der Waals surface area contributed by atoms with Gasteiger partial charge in [0.2, 0.25) is 5.91 Å². The van der Waals surface area contributed by atoms with Gasteiger partial charge in [0.1, 0.15) is 0 Å². The highest BCUT2D eigenvalue weighted by Crippen LogP contribution is 2.35. The highest BCUT2D eigenvalue weighted by Gasteiger charge is 2.38. The van der Waals surface area contributed by atoms with E-state index in [1.807, 2.05) is 4.90 Å². The molecular weight excluding hydrogens is 240 g/mol. The van der Waals surface area contributed by atoms with Gasteiger partial charge in [0.25, 0.3) is 0 Å². The van der Waals surface area contributed by atoms with E-state index in [1.54, 1.807) is 0 Å². The summed E-state index contributed by atoms with van der Waals surface area (Å²) in [6.45, 7) is 0.787. The summed E-state index contributed by atoms with van der Waals surface area (Å²) in [5, 5.41) is 2.42. The highest BCUT2D eigenvalue weighted by atomic mass is 35.5. The molecule has 1 saturated heterocycles. The minimum absolute atomic E-state index is 0.204. The molecule has 1 N–H and O–H groups in total. The molecule has 0 bridgehead atoms. The molecule has 1 aliphatic heterocycles. The van der Waals surface area contributed by atoms with Crippen LogP contribution in [0.15, 0.2) is 0 Å². The Balaban J connectivity index is 1.89. The summed E-state index contributed by atoms with van der Waals surface area (Å²) >= 11 is 5.46. The monoisotopic (exact) mass is 258 g/mol. The van der Waals surface area contributed by atoms with Crippen LogP contribution in [0.4, 0.5) is 4.79 Å². The van der Waals surface area contributed by atoms with Gasteiger partial charge < -0.3 is 4.90 Å². The second-order valence-corrected chi connectivity index (χ2v) is 5.26. The van der Waals surface area contributed by atoms with Gasteiger partial charge in [0.05, 0.1) is 0 Å². The molecule has 1 heterocycles. The standard InChI is InChI=1S/C12H19ClN2O2/c13-7-5-11(16)14-12(17)15-8-6-9-3-1-2-4-10(9)15/h9-10H,1-8H2,(H,14,16,17). The van der Waals surface area contributed by atoms with Crippen LogP contribution in [0.2, 0.25) is 0 Å². The minimum Gasteiger partial charge on any atom is -0.321 e. The Kier molecular flexibility index (Phi) is 4.26. The Bertz CT molecular complexity index is 309. The van der Waals surface area contributed by atoms with Crippen molar-refractivity contribution in [2.24, 2.45) is 5.92 Å². The van der Waals surface area contributed by atoms with E-state index in [4.69, 9.17) is 11.6 Å². The van der Waals surface area contributed by atoms with Gasteiger partial charge in [-0.1, -0.05) is 12.8 Å². The zero-order valence-electron chi connectivity index (χ0n) is 9.95. The van der Waals surface area contributed by atoms with E-state index in [9.17, 15) is 9.59 Å². The molecule has 2 atom stereocenters. The number of nitrogens with one attached hydrogen (secondary N) is 1.